The summed E-state index contributed by atoms with van der Waals surface area (Å²) >= 11 is 5.44. The Kier molecular flexibility index (Phi) is 4.00. The standard InChI is InChI=1S/C23H26N2S/c26-22(24-20-4-2-1-3-5-20)25-21-8-6-19(7-9-21)23-13-16-10-17(14-23)12-18(11-16)15-23/h1-9,16-18H,10-15H2,(H2,24,25,26). The summed E-state index contributed by atoms with van der Waals surface area (Å²) in [6, 6.07) is 19.1. The van der Waals surface area contributed by atoms with Gasteiger partial charge in [-0.2, -0.15) is 0 Å². The number of nitrogens with one attached hydrogen (secondary N) is 2. The zero-order chi connectivity index (χ0) is 17.6. The Hall–Kier alpha value is -1.87. The molecule has 2 N–H and O–H groups in total. The first-order chi connectivity index (χ1) is 12.7. The van der Waals surface area contributed by atoms with Gasteiger partial charge in [0.25, 0.3) is 0 Å². The highest BCUT2D eigenvalue weighted by atomic mass is 32.1. The van der Waals surface area contributed by atoms with Crippen molar-refractivity contribution in [1.82, 2.24) is 0 Å². The Morgan fingerprint density at radius 3 is 1.77 bits per heavy atom. The first-order valence-corrected chi connectivity index (χ1v) is 10.3. The smallest absolute Gasteiger partial charge is 0.175 e. The summed E-state index contributed by atoms with van der Waals surface area (Å²) in [6.45, 7) is 0. The molecule has 2 aromatic rings. The molecule has 0 aromatic heterocycles. The second-order valence-electron chi connectivity index (χ2n) is 8.72. The highest BCUT2D eigenvalue weighted by Gasteiger charge is 2.51. The van der Waals surface area contributed by atoms with Gasteiger partial charge in [-0.25, -0.2) is 0 Å². The molecule has 26 heavy (non-hydrogen) atoms. The van der Waals surface area contributed by atoms with Crippen molar-refractivity contribution in [2.75, 3.05) is 10.6 Å². The summed E-state index contributed by atoms with van der Waals surface area (Å²) in [5.74, 6) is 2.96. The monoisotopic (exact) mass is 362 g/mol. The molecule has 4 fully saturated rings. The maximum Gasteiger partial charge on any atom is 0.175 e. The van der Waals surface area contributed by atoms with Crippen molar-refractivity contribution in [3.8, 4) is 0 Å². The SMILES string of the molecule is S=C(Nc1ccccc1)Nc1ccc(C23CC4CC(CC(C4)C2)C3)cc1. The third kappa shape index (κ3) is 3.03. The summed E-state index contributed by atoms with van der Waals surface area (Å²) in [7, 11) is 0. The largest absolute Gasteiger partial charge is 0.332 e. The van der Waals surface area contributed by atoms with E-state index in [2.05, 4.69) is 34.9 Å². The lowest BCUT2D eigenvalue weighted by Gasteiger charge is -2.57. The maximum absolute atomic E-state index is 5.44. The van der Waals surface area contributed by atoms with E-state index in [1.165, 1.54) is 38.5 Å². The van der Waals surface area contributed by atoms with E-state index in [1.54, 1.807) is 5.56 Å². The Bertz CT molecular complexity index is 761. The van der Waals surface area contributed by atoms with Gasteiger partial charge in [0.2, 0.25) is 0 Å². The molecule has 0 radical (unpaired) electrons. The summed E-state index contributed by atoms with van der Waals surface area (Å²) < 4.78 is 0. The molecule has 4 aliphatic rings. The van der Waals surface area contributed by atoms with Crippen LogP contribution in [0.15, 0.2) is 54.6 Å². The number of hydrogen-bond acceptors (Lipinski definition) is 1. The predicted octanol–water partition coefficient (Wildman–Crippen LogP) is 5.96. The van der Waals surface area contributed by atoms with Gasteiger partial charge < -0.3 is 10.6 Å². The quantitative estimate of drug-likeness (QED) is 0.658. The Morgan fingerprint density at radius 1 is 0.731 bits per heavy atom. The van der Waals surface area contributed by atoms with Gasteiger partial charge in [-0.3, -0.25) is 0 Å². The van der Waals surface area contributed by atoms with E-state index >= 15 is 0 Å². The number of benzene rings is 2. The van der Waals surface area contributed by atoms with Crippen molar-refractivity contribution < 1.29 is 0 Å². The molecule has 0 saturated heterocycles. The second kappa shape index (κ2) is 6.38. The molecule has 0 atom stereocenters. The minimum atomic E-state index is 0.468. The number of hydrogen-bond donors (Lipinski definition) is 2. The summed E-state index contributed by atoms with van der Waals surface area (Å²) in [5, 5.41) is 7.18. The van der Waals surface area contributed by atoms with Crippen molar-refractivity contribution in [1.29, 1.82) is 0 Å². The minimum absolute atomic E-state index is 0.468. The lowest BCUT2D eigenvalue weighted by Crippen LogP contribution is -2.48. The van der Waals surface area contributed by atoms with E-state index in [0.717, 1.165) is 29.1 Å². The lowest BCUT2D eigenvalue weighted by atomic mass is 9.48. The van der Waals surface area contributed by atoms with Gasteiger partial charge in [-0.15, -0.1) is 0 Å². The fraction of sp³-hybridized carbons (Fsp3) is 0.435. The fourth-order valence-corrected chi connectivity index (χ4v) is 6.42. The van der Waals surface area contributed by atoms with E-state index < -0.39 is 0 Å². The van der Waals surface area contributed by atoms with E-state index in [9.17, 15) is 0 Å². The molecule has 6 rings (SSSR count). The summed E-state index contributed by atoms with van der Waals surface area (Å²) in [6.07, 6.45) is 8.74. The zero-order valence-electron chi connectivity index (χ0n) is 15.1. The van der Waals surface area contributed by atoms with Crippen molar-refractivity contribution in [2.24, 2.45) is 17.8 Å². The zero-order valence-corrected chi connectivity index (χ0v) is 15.9. The molecule has 2 nitrogen and oxygen atoms in total. The highest BCUT2D eigenvalue weighted by molar-refractivity contribution is 7.80. The van der Waals surface area contributed by atoms with Gasteiger partial charge in [0.15, 0.2) is 5.11 Å². The van der Waals surface area contributed by atoms with Crippen LogP contribution in [0.4, 0.5) is 11.4 Å². The lowest BCUT2D eigenvalue weighted by molar-refractivity contribution is -0.00518. The molecule has 0 aliphatic heterocycles. The molecule has 0 amide bonds. The van der Waals surface area contributed by atoms with E-state index in [4.69, 9.17) is 12.2 Å². The van der Waals surface area contributed by atoms with E-state index in [0.29, 0.717) is 10.5 Å². The van der Waals surface area contributed by atoms with Crippen LogP contribution in [0.2, 0.25) is 0 Å². The molecular weight excluding hydrogens is 336 g/mol. The maximum atomic E-state index is 5.44. The van der Waals surface area contributed by atoms with Crippen LogP contribution < -0.4 is 10.6 Å². The van der Waals surface area contributed by atoms with Gasteiger partial charge in [0.1, 0.15) is 0 Å². The molecule has 4 saturated carbocycles. The van der Waals surface area contributed by atoms with E-state index in [1.807, 2.05) is 30.3 Å². The third-order valence-corrected chi connectivity index (χ3v) is 7.03. The number of thiocarbonyl (C=S) groups is 1. The normalized spacial score (nSPS) is 31.6. The summed E-state index contributed by atoms with van der Waals surface area (Å²) in [5.41, 5.74) is 4.10. The van der Waals surface area contributed by atoms with Crippen molar-refractivity contribution in [2.45, 2.75) is 43.9 Å². The van der Waals surface area contributed by atoms with Crippen LogP contribution >= 0.6 is 12.2 Å². The minimum Gasteiger partial charge on any atom is -0.332 e. The molecule has 2 aromatic carbocycles. The van der Waals surface area contributed by atoms with Gasteiger partial charge in [0, 0.05) is 11.4 Å². The average Bonchev–Trinajstić information content (AvgIpc) is 2.62. The Morgan fingerprint density at radius 2 is 1.23 bits per heavy atom. The van der Waals surface area contributed by atoms with Crippen LogP contribution in [-0.2, 0) is 5.41 Å². The Labute approximate surface area is 161 Å². The molecule has 4 bridgehead atoms. The number of para-hydroxylation sites is 1. The molecule has 134 valence electrons. The molecule has 4 aliphatic carbocycles. The second-order valence-corrected chi connectivity index (χ2v) is 9.13. The predicted molar refractivity (Wildman–Crippen MR) is 113 cm³/mol. The highest BCUT2D eigenvalue weighted by Crippen LogP contribution is 2.60. The van der Waals surface area contributed by atoms with Crippen molar-refractivity contribution in [3.05, 3.63) is 60.2 Å². The van der Waals surface area contributed by atoms with Crippen LogP contribution in [0.3, 0.4) is 0 Å². The van der Waals surface area contributed by atoms with Crippen LogP contribution in [0.1, 0.15) is 44.1 Å². The van der Waals surface area contributed by atoms with Crippen molar-refractivity contribution in [3.63, 3.8) is 0 Å². The number of anilines is 2. The van der Waals surface area contributed by atoms with Gasteiger partial charge in [-0.1, -0.05) is 30.3 Å². The molecule has 0 spiro atoms. The Balaban J connectivity index is 1.28. The average molecular weight is 363 g/mol. The first kappa shape index (κ1) is 16.3. The van der Waals surface area contributed by atoms with Gasteiger partial charge >= 0.3 is 0 Å². The van der Waals surface area contributed by atoms with Crippen LogP contribution in [0.25, 0.3) is 0 Å². The van der Waals surface area contributed by atoms with Crippen LogP contribution in [0, 0.1) is 17.8 Å². The van der Waals surface area contributed by atoms with Crippen LogP contribution in [-0.4, -0.2) is 5.11 Å². The fourth-order valence-electron chi connectivity index (χ4n) is 6.19. The first-order valence-electron chi connectivity index (χ1n) is 9.92. The van der Waals surface area contributed by atoms with Crippen molar-refractivity contribution >= 4 is 28.7 Å². The van der Waals surface area contributed by atoms with Gasteiger partial charge in [-0.05, 0) is 104 Å². The van der Waals surface area contributed by atoms with Gasteiger partial charge in [0.05, 0.1) is 0 Å². The van der Waals surface area contributed by atoms with Crippen LogP contribution in [0.5, 0.6) is 0 Å². The molecule has 3 heteroatoms. The molecule has 0 heterocycles. The molecular formula is C23H26N2S. The number of rotatable bonds is 3. The topological polar surface area (TPSA) is 24.1 Å². The van der Waals surface area contributed by atoms with E-state index in [-0.39, 0.29) is 0 Å². The third-order valence-electron chi connectivity index (χ3n) is 6.83. The summed E-state index contributed by atoms with van der Waals surface area (Å²) in [4.78, 5) is 0. The molecule has 0 unspecified atom stereocenters.